The van der Waals surface area contributed by atoms with Crippen molar-refractivity contribution in [2.24, 2.45) is 5.92 Å². The van der Waals surface area contributed by atoms with Crippen LogP contribution in [0.3, 0.4) is 0 Å². The van der Waals surface area contributed by atoms with Crippen LogP contribution in [0.1, 0.15) is 40.5 Å². The van der Waals surface area contributed by atoms with Crippen LogP contribution in [0.25, 0.3) is 0 Å². The third-order valence-electron chi connectivity index (χ3n) is 3.30. The molecule has 0 aromatic heterocycles. The van der Waals surface area contributed by atoms with E-state index in [1.54, 1.807) is 4.90 Å². The Labute approximate surface area is 116 Å². The lowest BCUT2D eigenvalue weighted by molar-refractivity contribution is 0.0183. The Hall–Kier alpha value is -0.810. The number of hydrogen-bond acceptors (Lipinski definition) is 4. The van der Waals surface area contributed by atoms with Gasteiger partial charge in [0.15, 0.2) is 0 Å². The second kappa shape index (κ2) is 7.10. The largest absolute Gasteiger partial charge is 0.444 e. The summed E-state index contributed by atoms with van der Waals surface area (Å²) in [5.74, 6) is 0.577. The van der Waals surface area contributed by atoms with Crippen LogP contribution in [0.2, 0.25) is 0 Å². The van der Waals surface area contributed by atoms with Crippen LogP contribution in [0, 0.1) is 5.92 Å². The third kappa shape index (κ3) is 6.25. The number of aliphatic hydroxyl groups is 1. The van der Waals surface area contributed by atoms with Gasteiger partial charge in [-0.3, -0.25) is 0 Å². The van der Waals surface area contributed by atoms with Crippen molar-refractivity contribution in [2.75, 3.05) is 26.2 Å². The number of nitrogens with one attached hydrogen (secondary N) is 1. The maximum Gasteiger partial charge on any atom is 0.410 e. The highest BCUT2D eigenvalue weighted by atomic mass is 16.6. The Kier molecular flexibility index (Phi) is 6.07. The van der Waals surface area contributed by atoms with Crippen LogP contribution in [0.4, 0.5) is 4.79 Å². The average molecular weight is 272 g/mol. The SMILES string of the molecule is C[C@@H](CO)NCC1CCN(C(=O)OC(C)(C)C)CC1. The molecule has 2 N–H and O–H groups in total. The fraction of sp³-hybridized carbons (Fsp3) is 0.929. The predicted octanol–water partition coefficient (Wildman–Crippen LogP) is 1.60. The number of hydrogen-bond donors (Lipinski definition) is 2. The van der Waals surface area contributed by atoms with Gasteiger partial charge in [-0.1, -0.05) is 0 Å². The van der Waals surface area contributed by atoms with Crippen molar-refractivity contribution < 1.29 is 14.6 Å². The van der Waals surface area contributed by atoms with E-state index in [0.717, 1.165) is 32.5 Å². The minimum atomic E-state index is -0.425. The molecule has 0 radical (unpaired) electrons. The molecule has 1 aliphatic heterocycles. The number of carbonyl (C=O) groups excluding carboxylic acids is 1. The molecule has 1 heterocycles. The molecule has 0 spiro atoms. The summed E-state index contributed by atoms with van der Waals surface area (Å²) < 4.78 is 5.37. The maximum atomic E-state index is 11.9. The van der Waals surface area contributed by atoms with E-state index in [0.29, 0.717) is 5.92 Å². The maximum absolute atomic E-state index is 11.9. The van der Waals surface area contributed by atoms with Crippen molar-refractivity contribution in [3.8, 4) is 0 Å². The zero-order chi connectivity index (χ0) is 14.5. The zero-order valence-electron chi connectivity index (χ0n) is 12.6. The van der Waals surface area contributed by atoms with Crippen LogP contribution in [-0.2, 0) is 4.74 Å². The summed E-state index contributed by atoms with van der Waals surface area (Å²) in [6, 6.07) is 0.142. The van der Waals surface area contributed by atoms with Crippen molar-refractivity contribution in [1.29, 1.82) is 0 Å². The first kappa shape index (κ1) is 16.2. The Balaban J connectivity index is 2.27. The first-order valence-electron chi connectivity index (χ1n) is 7.14. The van der Waals surface area contributed by atoms with E-state index in [-0.39, 0.29) is 18.7 Å². The number of rotatable bonds is 4. The summed E-state index contributed by atoms with van der Waals surface area (Å²) in [6.45, 7) is 10.2. The van der Waals surface area contributed by atoms with E-state index in [2.05, 4.69) is 5.32 Å². The Morgan fingerprint density at radius 2 is 2.00 bits per heavy atom. The van der Waals surface area contributed by atoms with E-state index in [1.165, 1.54) is 0 Å². The molecule has 19 heavy (non-hydrogen) atoms. The van der Waals surface area contributed by atoms with Crippen molar-refractivity contribution >= 4 is 6.09 Å². The lowest BCUT2D eigenvalue weighted by atomic mass is 9.97. The van der Waals surface area contributed by atoms with Crippen molar-refractivity contribution in [3.05, 3.63) is 0 Å². The summed E-state index contributed by atoms with van der Waals surface area (Å²) in [4.78, 5) is 13.7. The predicted molar refractivity (Wildman–Crippen MR) is 75.1 cm³/mol. The number of amides is 1. The number of nitrogens with zero attached hydrogens (tertiary/aromatic N) is 1. The van der Waals surface area contributed by atoms with Gasteiger partial charge in [0, 0.05) is 19.1 Å². The lowest BCUT2D eigenvalue weighted by Gasteiger charge is -2.33. The van der Waals surface area contributed by atoms with E-state index in [4.69, 9.17) is 9.84 Å². The Morgan fingerprint density at radius 3 is 2.47 bits per heavy atom. The fourth-order valence-corrected chi connectivity index (χ4v) is 2.08. The van der Waals surface area contributed by atoms with Crippen molar-refractivity contribution in [3.63, 3.8) is 0 Å². The second-order valence-electron chi connectivity index (χ2n) is 6.40. The molecule has 0 saturated carbocycles. The summed E-state index contributed by atoms with van der Waals surface area (Å²) in [7, 11) is 0. The molecule has 0 bridgehead atoms. The van der Waals surface area contributed by atoms with E-state index in [9.17, 15) is 4.79 Å². The van der Waals surface area contributed by atoms with Crippen LogP contribution in [-0.4, -0.2) is 54.0 Å². The molecular formula is C14H28N2O3. The zero-order valence-corrected chi connectivity index (χ0v) is 12.6. The summed E-state index contributed by atoms with van der Waals surface area (Å²) in [6.07, 6.45) is 1.78. The average Bonchev–Trinajstić information content (AvgIpc) is 2.34. The minimum absolute atomic E-state index is 0.142. The van der Waals surface area contributed by atoms with Gasteiger partial charge in [0.25, 0.3) is 0 Å². The van der Waals surface area contributed by atoms with Gasteiger partial charge in [-0.15, -0.1) is 0 Å². The molecule has 1 rings (SSSR count). The molecule has 1 atom stereocenters. The van der Waals surface area contributed by atoms with Crippen LogP contribution >= 0.6 is 0 Å². The highest BCUT2D eigenvalue weighted by Gasteiger charge is 2.26. The minimum Gasteiger partial charge on any atom is -0.444 e. The van der Waals surface area contributed by atoms with Gasteiger partial charge in [-0.05, 0) is 53.0 Å². The first-order chi connectivity index (χ1) is 8.81. The molecule has 0 aromatic carbocycles. The highest BCUT2D eigenvalue weighted by Crippen LogP contribution is 2.19. The Morgan fingerprint density at radius 1 is 1.42 bits per heavy atom. The third-order valence-corrected chi connectivity index (χ3v) is 3.30. The molecule has 112 valence electrons. The molecule has 1 fully saturated rings. The first-order valence-corrected chi connectivity index (χ1v) is 7.14. The topological polar surface area (TPSA) is 61.8 Å². The van der Waals surface area contributed by atoms with Crippen molar-refractivity contribution in [2.45, 2.75) is 52.2 Å². The molecule has 5 nitrogen and oxygen atoms in total. The highest BCUT2D eigenvalue weighted by molar-refractivity contribution is 5.68. The van der Waals surface area contributed by atoms with Crippen molar-refractivity contribution in [1.82, 2.24) is 10.2 Å². The van der Waals surface area contributed by atoms with Gasteiger partial charge in [0.05, 0.1) is 6.61 Å². The lowest BCUT2D eigenvalue weighted by Crippen LogP contribution is -2.44. The smallest absolute Gasteiger partial charge is 0.410 e. The van der Waals surface area contributed by atoms with Gasteiger partial charge in [-0.25, -0.2) is 4.79 Å². The van der Waals surface area contributed by atoms with Gasteiger partial charge in [0.1, 0.15) is 5.60 Å². The van der Waals surface area contributed by atoms with E-state index < -0.39 is 5.60 Å². The molecule has 5 heteroatoms. The number of carbonyl (C=O) groups is 1. The molecule has 0 aromatic rings. The van der Waals surface area contributed by atoms with Crippen LogP contribution in [0.5, 0.6) is 0 Å². The van der Waals surface area contributed by atoms with Gasteiger partial charge in [0.2, 0.25) is 0 Å². The normalized spacial score (nSPS) is 19.3. The van der Waals surface area contributed by atoms with Gasteiger partial charge in [-0.2, -0.15) is 0 Å². The molecule has 1 saturated heterocycles. The monoisotopic (exact) mass is 272 g/mol. The summed E-state index contributed by atoms with van der Waals surface area (Å²) >= 11 is 0. The van der Waals surface area contributed by atoms with Crippen LogP contribution in [0.15, 0.2) is 0 Å². The number of aliphatic hydroxyl groups excluding tert-OH is 1. The second-order valence-corrected chi connectivity index (χ2v) is 6.40. The Bertz CT molecular complexity index is 281. The van der Waals surface area contributed by atoms with E-state index in [1.807, 2.05) is 27.7 Å². The quantitative estimate of drug-likeness (QED) is 0.816. The molecule has 0 aliphatic carbocycles. The summed E-state index contributed by atoms with van der Waals surface area (Å²) in [5, 5.41) is 12.3. The number of piperidine rings is 1. The van der Waals surface area contributed by atoms with E-state index >= 15 is 0 Å². The molecular weight excluding hydrogens is 244 g/mol. The fourth-order valence-electron chi connectivity index (χ4n) is 2.08. The standard InChI is InChI=1S/C14H28N2O3/c1-11(10-17)15-9-12-5-7-16(8-6-12)13(18)19-14(2,3)4/h11-12,15,17H,5-10H2,1-4H3/t11-/m0/s1. The number of ether oxygens (including phenoxy) is 1. The van der Waals surface area contributed by atoms with Crippen LogP contribution < -0.4 is 5.32 Å². The molecule has 1 amide bonds. The summed E-state index contributed by atoms with van der Waals surface area (Å²) in [5.41, 5.74) is -0.425. The number of likely N-dealkylation sites (tertiary alicyclic amines) is 1. The molecule has 0 unspecified atom stereocenters. The van der Waals surface area contributed by atoms with Gasteiger partial charge < -0.3 is 20.1 Å². The molecule has 1 aliphatic rings. The van der Waals surface area contributed by atoms with Gasteiger partial charge >= 0.3 is 6.09 Å².